The van der Waals surface area contributed by atoms with E-state index >= 15 is 0 Å². The number of nitrogens with one attached hydrogen (secondary N) is 1. The first-order chi connectivity index (χ1) is 9.63. The zero-order valence-electron chi connectivity index (χ0n) is 13.3. The van der Waals surface area contributed by atoms with Gasteiger partial charge < -0.3 is 10.2 Å². The highest BCUT2D eigenvalue weighted by atomic mass is 16.2. The molecule has 0 spiro atoms. The van der Waals surface area contributed by atoms with Crippen LogP contribution in [0.15, 0.2) is 18.2 Å². The van der Waals surface area contributed by atoms with Gasteiger partial charge in [-0.15, -0.1) is 0 Å². The van der Waals surface area contributed by atoms with Crippen LogP contribution in [-0.4, -0.2) is 30.4 Å². The van der Waals surface area contributed by atoms with Crippen molar-refractivity contribution in [1.29, 1.82) is 0 Å². The molecule has 1 N–H and O–H groups in total. The van der Waals surface area contributed by atoms with Crippen LogP contribution in [0.25, 0.3) is 0 Å². The van der Waals surface area contributed by atoms with Gasteiger partial charge in [0.25, 0.3) is 5.91 Å². The van der Waals surface area contributed by atoms with Crippen molar-refractivity contribution in [2.75, 3.05) is 25.0 Å². The average molecular weight is 276 g/mol. The molecule has 0 radical (unpaired) electrons. The predicted molar refractivity (Wildman–Crippen MR) is 86.4 cm³/mol. The largest absolute Gasteiger partial charge is 0.384 e. The van der Waals surface area contributed by atoms with Crippen molar-refractivity contribution >= 4 is 11.6 Å². The van der Waals surface area contributed by atoms with E-state index in [0.29, 0.717) is 0 Å². The number of hydrogen-bond acceptors (Lipinski definition) is 2. The smallest absolute Gasteiger partial charge is 0.255 e. The Bertz CT molecular complexity index is 423. The Morgan fingerprint density at radius 3 is 2.30 bits per heavy atom. The van der Waals surface area contributed by atoms with Gasteiger partial charge in [-0.2, -0.15) is 0 Å². The predicted octanol–water partition coefficient (Wildman–Crippen LogP) is 4.08. The number of hydrogen-bond donors (Lipinski definition) is 1. The monoisotopic (exact) mass is 276 g/mol. The molecule has 0 bridgehead atoms. The second kappa shape index (κ2) is 8.62. The molecule has 112 valence electrons. The van der Waals surface area contributed by atoms with Crippen LogP contribution in [0, 0.1) is 6.92 Å². The maximum absolute atomic E-state index is 12.7. The molecule has 0 aromatic heterocycles. The number of carbonyl (C=O) groups excluding carboxylic acids is 1. The van der Waals surface area contributed by atoms with E-state index in [0.717, 1.165) is 55.7 Å². The molecule has 0 unspecified atom stereocenters. The summed E-state index contributed by atoms with van der Waals surface area (Å²) in [5, 5.41) is 3.36. The van der Waals surface area contributed by atoms with Gasteiger partial charge in [-0.05, 0) is 38.3 Å². The first kappa shape index (κ1) is 16.5. The van der Waals surface area contributed by atoms with Gasteiger partial charge in [0, 0.05) is 25.3 Å². The second-order valence-corrected chi connectivity index (χ2v) is 5.27. The Balaban J connectivity index is 3.01. The minimum Gasteiger partial charge on any atom is -0.384 e. The van der Waals surface area contributed by atoms with Crippen molar-refractivity contribution in [2.24, 2.45) is 0 Å². The molecule has 0 aliphatic carbocycles. The maximum atomic E-state index is 12.7. The van der Waals surface area contributed by atoms with Gasteiger partial charge in [0.1, 0.15) is 0 Å². The molecular formula is C17H28N2O. The lowest BCUT2D eigenvalue weighted by molar-refractivity contribution is 0.0756. The van der Waals surface area contributed by atoms with E-state index in [2.05, 4.69) is 32.2 Å². The van der Waals surface area contributed by atoms with E-state index in [4.69, 9.17) is 0 Å². The zero-order valence-corrected chi connectivity index (χ0v) is 13.3. The van der Waals surface area contributed by atoms with Crippen molar-refractivity contribution in [3.63, 3.8) is 0 Å². The quantitative estimate of drug-likeness (QED) is 0.776. The third-order valence-corrected chi connectivity index (χ3v) is 3.25. The summed E-state index contributed by atoms with van der Waals surface area (Å²) in [6.07, 6.45) is 3.04. The van der Waals surface area contributed by atoms with Crippen molar-refractivity contribution < 1.29 is 4.79 Å². The van der Waals surface area contributed by atoms with E-state index in [-0.39, 0.29) is 5.91 Å². The van der Waals surface area contributed by atoms with E-state index in [9.17, 15) is 4.79 Å². The molecule has 0 saturated carbocycles. The number of amides is 1. The van der Waals surface area contributed by atoms with E-state index in [1.165, 1.54) is 0 Å². The Morgan fingerprint density at radius 2 is 1.75 bits per heavy atom. The van der Waals surface area contributed by atoms with E-state index in [1.807, 2.05) is 24.0 Å². The van der Waals surface area contributed by atoms with Crippen molar-refractivity contribution in [1.82, 2.24) is 4.90 Å². The SMILES string of the molecule is CCCNc1ccc(C)cc1C(=O)N(CCC)CCC. The van der Waals surface area contributed by atoms with Crippen LogP contribution in [-0.2, 0) is 0 Å². The number of rotatable bonds is 8. The molecule has 0 saturated heterocycles. The van der Waals surface area contributed by atoms with Crippen LogP contribution in [0.4, 0.5) is 5.69 Å². The van der Waals surface area contributed by atoms with Gasteiger partial charge >= 0.3 is 0 Å². The van der Waals surface area contributed by atoms with Crippen LogP contribution in [0.1, 0.15) is 56.0 Å². The normalized spacial score (nSPS) is 10.4. The minimum absolute atomic E-state index is 0.149. The molecule has 3 nitrogen and oxygen atoms in total. The molecule has 1 aromatic rings. The topological polar surface area (TPSA) is 32.3 Å². The average Bonchev–Trinajstić information content (AvgIpc) is 2.45. The van der Waals surface area contributed by atoms with E-state index in [1.54, 1.807) is 0 Å². The van der Waals surface area contributed by atoms with Crippen LogP contribution in [0.2, 0.25) is 0 Å². The highest BCUT2D eigenvalue weighted by molar-refractivity contribution is 5.99. The maximum Gasteiger partial charge on any atom is 0.255 e. The van der Waals surface area contributed by atoms with Gasteiger partial charge in [-0.3, -0.25) is 4.79 Å². The molecule has 0 fully saturated rings. The fourth-order valence-corrected chi connectivity index (χ4v) is 2.27. The molecular weight excluding hydrogens is 248 g/mol. The summed E-state index contributed by atoms with van der Waals surface area (Å²) in [5.74, 6) is 0.149. The molecule has 20 heavy (non-hydrogen) atoms. The number of aryl methyl sites for hydroxylation is 1. The molecule has 3 heteroatoms. The summed E-state index contributed by atoms with van der Waals surface area (Å²) in [7, 11) is 0. The van der Waals surface area contributed by atoms with Crippen molar-refractivity contribution in [2.45, 2.75) is 47.0 Å². The Kier molecular flexibility index (Phi) is 7.13. The van der Waals surface area contributed by atoms with Crippen LogP contribution in [0.3, 0.4) is 0 Å². The third-order valence-electron chi connectivity index (χ3n) is 3.25. The first-order valence-corrected chi connectivity index (χ1v) is 7.77. The second-order valence-electron chi connectivity index (χ2n) is 5.27. The fraction of sp³-hybridized carbons (Fsp3) is 0.588. The first-order valence-electron chi connectivity index (χ1n) is 7.77. The summed E-state index contributed by atoms with van der Waals surface area (Å²) < 4.78 is 0. The molecule has 1 aromatic carbocycles. The lowest BCUT2D eigenvalue weighted by Crippen LogP contribution is -2.33. The standard InChI is InChI=1S/C17H28N2O/c1-5-10-18-16-9-8-14(4)13-15(16)17(20)19(11-6-2)12-7-3/h8-9,13,18H,5-7,10-12H2,1-4H3. The van der Waals surface area contributed by atoms with Crippen LogP contribution in [0.5, 0.6) is 0 Å². The summed E-state index contributed by atoms with van der Waals surface area (Å²) in [6.45, 7) is 10.9. The zero-order chi connectivity index (χ0) is 15.0. The lowest BCUT2D eigenvalue weighted by Gasteiger charge is -2.23. The molecule has 0 aliphatic rings. The molecule has 0 heterocycles. The molecule has 1 rings (SSSR count). The van der Waals surface area contributed by atoms with Crippen LogP contribution < -0.4 is 5.32 Å². The summed E-state index contributed by atoms with van der Waals surface area (Å²) >= 11 is 0. The van der Waals surface area contributed by atoms with Crippen molar-refractivity contribution in [3.8, 4) is 0 Å². The Labute approximate surface area is 123 Å². The summed E-state index contributed by atoms with van der Waals surface area (Å²) in [6, 6.07) is 6.08. The highest BCUT2D eigenvalue weighted by Crippen LogP contribution is 2.20. The summed E-state index contributed by atoms with van der Waals surface area (Å²) in [4.78, 5) is 14.7. The van der Waals surface area contributed by atoms with Crippen molar-refractivity contribution in [3.05, 3.63) is 29.3 Å². The van der Waals surface area contributed by atoms with Gasteiger partial charge in [-0.1, -0.05) is 32.4 Å². The Hall–Kier alpha value is -1.51. The number of anilines is 1. The minimum atomic E-state index is 0.149. The number of carbonyl (C=O) groups is 1. The van der Waals surface area contributed by atoms with Gasteiger partial charge in [0.05, 0.1) is 5.56 Å². The van der Waals surface area contributed by atoms with Crippen LogP contribution >= 0.6 is 0 Å². The molecule has 0 atom stereocenters. The van der Waals surface area contributed by atoms with Gasteiger partial charge in [0.2, 0.25) is 0 Å². The lowest BCUT2D eigenvalue weighted by atomic mass is 10.1. The third kappa shape index (κ3) is 4.55. The Morgan fingerprint density at radius 1 is 1.10 bits per heavy atom. The highest BCUT2D eigenvalue weighted by Gasteiger charge is 2.17. The number of benzene rings is 1. The molecule has 0 aliphatic heterocycles. The summed E-state index contributed by atoms with van der Waals surface area (Å²) in [5.41, 5.74) is 2.89. The van der Waals surface area contributed by atoms with E-state index < -0.39 is 0 Å². The van der Waals surface area contributed by atoms with Gasteiger partial charge in [-0.25, -0.2) is 0 Å². The number of nitrogens with zero attached hydrogens (tertiary/aromatic N) is 1. The van der Waals surface area contributed by atoms with Gasteiger partial charge in [0.15, 0.2) is 0 Å². The molecule has 1 amide bonds. The fourth-order valence-electron chi connectivity index (χ4n) is 2.27.